The summed E-state index contributed by atoms with van der Waals surface area (Å²) in [7, 11) is 0. The smallest absolute Gasteiger partial charge is 0.0570 e. The minimum Gasteiger partial charge on any atom is -0.305 e. The van der Waals surface area contributed by atoms with E-state index in [0.29, 0.717) is 0 Å². The summed E-state index contributed by atoms with van der Waals surface area (Å²) in [5, 5.41) is 7.13. The summed E-state index contributed by atoms with van der Waals surface area (Å²) in [6.45, 7) is 3.03. The van der Waals surface area contributed by atoms with Gasteiger partial charge in [0, 0.05) is 23.5 Å². The van der Waals surface area contributed by atoms with E-state index in [0.717, 1.165) is 12.2 Å². The van der Waals surface area contributed by atoms with Crippen LogP contribution in [0.2, 0.25) is 0 Å². The van der Waals surface area contributed by atoms with Gasteiger partial charge in [0.05, 0.1) is 5.69 Å². The molecule has 96 valence electrons. The molecule has 0 amide bonds. The van der Waals surface area contributed by atoms with E-state index in [4.69, 9.17) is 0 Å². The predicted molar refractivity (Wildman–Crippen MR) is 81.3 cm³/mol. The molecule has 2 aromatic heterocycles. The molecule has 0 aliphatic heterocycles. The Morgan fingerprint density at radius 2 is 2.00 bits per heavy atom. The van der Waals surface area contributed by atoms with E-state index in [9.17, 15) is 0 Å². The van der Waals surface area contributed by atoms with E-state index in [1.807, 2.05) is 18.3 Å². The largest absolute Gasteiger partial charge is 0.305 e. The lowest BCUT2D eigenvalue weighted by molar-refractivity contribution is 0.563. The van der Waals surface area contributed by atoms with Crippen LogP contribution in [0, 0.1) is 0 Å². The highest BCUT2D eigenvalue weighted by Crippen LogP contribution is 2.25. The molecule has 0 saturated carbocycles. The molecule has 3 aromatic rings. The number of nitrogens with zero attached hydrogens (tertiary/aromatic N) is 1. The predicted octanol–water partition coefficient (Wildman–Crippen LogP) is 4.15. The molecule has 1 atom stereocenters. The molecular formula is C16H16N2S. The molecule has 2 heterocycles. The molecule has 0 spiro atoms. The van der Waals surface area contributed by atoms with Crippen LogP contribution in [0.1, 0.15) is 24.2 Å². The fraction of sp³-hybridized carbons (Fsp3) is 0.188. The Kier molecular flexibility index (Phi) is 3.58. The Labute approximate surface area is 117 Å². The van der Waals surface area contributed by atoms with Crippen molar-refractivity contribution in [3.05, 3.63) is 65.3 Å². The number of nitrogens with one attached hydrogen (secondary N) is 1. The fourth-order valence-corrected chi connectivity index (χ4v) is 3.13. The molecule has 3 heteroatoms. The maximum atomic E-state index is 4.38. The van der Waals surface area contributed by atoms with Gasteiger partial charge in [0.25, 0.3) is 0 Å². The highest BCUT2D eigenvalue weighted by Gasteiger charge is 2.07. The Morgan fingerprint density at radius 1 is 1.16 bits per heavy atom. The zero-order valence-corrected chi connectivity index (χ0v) is 11.7. The van der Waals surface area contributed by atoms with Crippen molar-refractivity contribution in [2.45, 2.75) is 19.5 Å². The third-order valence-corrected chi connectivity index (χ3v) is 4.30. The molecule has 0 saturated heterocycles. The molecular weight excluding hydrogens is 252 g/mol. The monoisotopic (exact) mass is 268 g/mol. The van der Waals surface area contributed by atoms with Gasteiger partial charge in [-0.05, 0) is 41.5 Å². The van der Waals surface area contributed by atoms with Crippen LogP contribution in [0.3, 0.4) is 0 Å². The lowest BCUT2D eigenvalue weighted by Crippen LogP contribution is -2.18. The SMILES string of the molecule is C[C@@H](NCc1csc2ccccc12)c1ccccn1. The highest BCUT2D eigenvalue weighted by molar-refractivity contribution is 7.17. The lowest BCUT2D eigenvalue weighted by atomic mass is 10.1. The number of thiophene rings is 1. The first-order valence-electron chi connectivity index (χ1n) is 6.44. The molecule has 0 radical (unpaired) electrons. The van der Waals surface area contributed by atoms with Crippen LogP contribution >= 0.6 is 11.3 Å². The average molecular weight is 268 g/mol. The van der Waals surface area contributed by atoms with Crippen LogP contribution in [-0.4, -0.2) is 4.98 Å². The van der Waals surface area contributed by atoms with Crippen molar-refractivity contribution >= 4 is 21.4 Å². The average Bonchev–Trinajstić information content (AvgIpc) is 2.89. The van der Waals surface area contributed by atoms with Gasteiger partial charge in [0.1, 0.15) is 0 Å². The van der Waals surface area contributed by atoms with Crippen LogP contribution in [-0.2, 0) is 6.54 Å². The van der Waals surface area contributed by atoms with Gasteiger partial charge < -0.3 is 5.32 Å². The summed E-state index contributed by atoms with van der Waals surface area (Å²) in [4.78, 5) is 4.38. The van der Waals surface area contributed by atoms with Gasteiger partial charge in [-0.15, -0.1) is 11.3 Å². The lowest BCUT2D eigenvalue weighted by Gasteiger charge is -2.12. The maximum Gasteiger partial charge on any atom is 0.0570 e. The second-order valence-corrected chi connectivity index (χ2v) is 5.53. The minimum atomic E-state index is 0.264. The number of hydrogen-bond acceptors (Lipinski definition) is 3. The molecule has 1 aromatic carbocycles. The first kappa shape index (κ1) is 12.3. The molecule has 19 heavy (non-hydrogen) atoms. The second-order valence-electron chi connectivity index (χ2n) is 4.61. The van der Waals surface area contributed by atoms with Crippen molar-refractivity contribution in [1.29, 1.82) is 0 Å². The van der Waals surface area contributed by atoms with Crippen molar-refractivity contribution in [3.63, 3.8) is 0 Å². The van der Waals surface area contributed by atoms with Crippen molar-refractivity contribution in [1.82, 2.24) is 10.3 Å². The van der Waals surface area contributed by atoms with E-state index in [2.05, 4.69) is 52.9 Å². The summed E-state index contributed by atoms with van der Waals surface area (Å²) in [5.74, 6) is 0. The van der Waals surface area contributed by atoms with Crippen LogP contribution in [0.4, 0.5) is 0 Å². The molecule has 0 aliphatic carbocycles. The maximum absolute atomic E-state index is 4.38. The Balaban J connectivity index is 1.73. The van der Waals surface area contributed by atoms with Crippen LogP contribution < -0.4 is 5.32 Å². The van der Waals surface area contributed by atoms with Gasteiger partial charge in [-0.1, -0.05) is 24.3 Å². The first-order valence-corrected chi connectivity index (χ1v) is 7.32. The van der Waals surface area contributed by atoms with Gasteiger partial charge >= 0.3 is 0 Å². The molecule has 0 bridgehead atoms. The van der Waals surface area contributed by atoms with E-state index >= 15 is 0 Å². The Morgan fingerprint density at radius 3 is 2.84 bits per heavy atom. The van der Waals surface area contributed by atoms with Gasteiger partial charge in [0.15, 0.2) is 0 Å². The number of fused-ring (bicyclic) bond motifs is 1. The van der Waals surface area contributed by atoms with Gasteiger partial charge in [0.2, 0.25) is 0 Å². The summed E-state index contributed by atoms with van der Waals surface area (Å²) >= 11 is 1.81. The highest BCUT2D eigenvalue weighted by atomic mass is 32.1. The fourth-order valence-electron chi connectivity index (χ4n) is 2.17. The molecule has 3 rings (SSSR count). The van der Waals surface area contributed by atoms with Crippen molar-refractivity contribution in [2.75, 3.05) is 0 Å². The third-order valence-electron chi connectivity index (χ3n) is 3.29. The number of aromatic nitrogens is 1. The Bertz CT molecular complexity index is 661. The van der Waals surface area contributed by atoms with E-state index in [-0.39, 0.29) is 6.04 Å². The van der Waals surface area contributed by atoms with Gasteiger partial charge in [-0.3, -0.25) is 4.98 Å². The third kappa shape index (κ3) is 2.67. The quantitative estimate of drug-likeness (QED) is 0.769. The van der Waals surface area contributed by atoms with Crippen molar-refractivity contribution < 1.29 is 0 Å². The topological polar surface area (TPSA) is 24.9 Å². The normalized spacial score (nSPS) is 12.7. The summed E-state index contributed by atoms with van der Waals surface area (Å²) in [6.07, 6.45) is 1.84. The zero-order chi connectivity index (χ0) is 13.1. The number of rotatable bonds is 4. The molecule has 2 nitrogen and oxygen atoms in total. The van der Waals surface area contributed by atoms with Crippen LogP contribution in [0.5, 0.6) is 0 Å². The number of hydrogen-bond donors (Lipinski definition) is 1. The van der Waals surface area contributed by atoms with Crippen LogP contribution in [0.25, 0.3) is 10.1 Å². The zero-order valence-electron chi connectivity index (χ0n) is 10.8. The van der Waals surface area contributed by atoms with E-state index in [1.165, 1.54) is 15.6 Å². The number of benzene rings is 1. The summed E-state index contributed by atoms with van der Waals surface area (Å²) in [5.41, 5.74) is 2.45. The van der Waals surface area contributed by atoms with Gasteiger partial charge in [-0.25, -0.2) is 0 Å². The molecule has 1 N–H and O–H groups in total. The molecule has 0 aliphatic rings. The van der Waals surface area contributed by atoms with E-state index < -0.39 is 0 Å². The minimum absolute atomic E-state index is 0.264. The molecule has 0 fully saturated rings. The Hall–Kier alpha value is -1.71. The molecule has 0 unspecified atom stereocenters. The van der Waals surface area contributed by atoms with Gasteiger partial charge in [-0.2, -0.15) is 0 Å². The standard InChI is InChI=1S/C16H16N2S/c1-12(15-7-4-5-9-17-15)18-10-13-11-19-16-8-3-2-6-14(13)16/h2-9,11-12,18H,10H2,1H3/t12-/m1/s1. The van der Waals surface area contributed by atoms with Crippen molar-refractivity contribution in [3.8, 4) is 0 Å². The number of pyridine rings is 1. The summed E-state index contributed by atoms with van der Waals surface area (Å²) < 4.78 is 1.35. The second kappa shape index (κ2) is 5.51. The van der Waals surface area contributed by atoms with Crippen molar-refractivity contribution in [2.24, 2.45) is 0 Å². The first-order chi connectivity index (χ1) is 9.34. The summed E-state index contributed by atoms with van der Waals surface area (Å²) in [6, 6.07) is 14.8. The van der Waals surface area contributed by atoms with E-state index in [1.54, 1.807) is 11.3 Å². The van der Waals surface area contributed by atoms with Crippen LogP contribution in [0.15, 0.2) is 54.0 Å².